The Morgan fingerprint density at radius 3 is 2.50 bits per heavy atom. The minimum absolute atomic E-state index is 0.556. The molecule has 3 nitrogen and oxygen atoms in total. The summed E-state index contributed by atoms with van der Waals surface area (Å²) in [6, 6.07) is 0. The lowest BCUT2D eigenvalue weighted by Gasteiger charge is -1.90. The molecule has 0 saturated heterocycles. The molecule has 1 heterocycles. The summed E-state index contributed by atoms with van der Waals surface area (Å²) < 4.78 is 1.57. The number of rotatable bonds is 0. The normalized spacial score (nSPS) is 9.30. The van der Waals surface area contributed by atoms with Crippen LogP contribution < -0.4 is 5.73 Å². The number of aromatic nitrogens is 2. The zero-order chi connectivity index (χ0) is 7.72. The lowest BCUT2D eigenvalue weighted by atomic mass is 10.2. The van der Waals surface area contributed by atoms with Crippen molar-refractivity contribution in [3.63, 3.8) is 0 Å². The summed E-state index contributed by atoms with van der Waals surface area (Å²) in [6.45, 7) is 1.84. The van der Waals surface area contributed by atoms with E-state index in [1.54, 1.807) is 11.7 Å². The fourth-order valence-corrected chi connectivity index (χ4v) is 0.854. The first kappa shape index (κ1) is 6.69. The Hall–Kier alpha value is -1.43. The third kappa shape index (κ3) is 0.742. The highest BCUT2D eigenvalue weighted by Crippen LogP contribution is 2.12. The van der Waals surface area contributed by atoms with Crippen LogP contribution in [0.2, 0.25) is 0 Å². The molecule has 0 fully saturated rings. The van der Waals surface area contributed by atoms with E-state index in [2.05, 4.69) is 11.0 Å². The quantitative estimate of drug-likeness (QED) is 0.520. The van der Waals surface area contributed by atoms with Gasteiger partial charge >= 0.3 is 0 Å². The molecule has 0 aliphatic carbocycles. The topological polar surface area (TPSA) is 43.8 Å². The van der Waals surface area contributed by atoms with E-state index in [1.807, 2.05) is 6.92 Å². The van der Waals surface area contributed by atoms with Gasteiger partial charge in [0.2, 0.25) is 0 Å². The maximum absolute atomic E-state index is 5.57. The maximum atomic E-state index is 5.57. The molecule has 0 spiro atoms. The summed E-state index contributed by atoms with van der Waals surface area (Å²) in [5, 5.41) is 4.03. The molecule has 52 valence electrons. The maximum Gasteiger partial charge on any atom is 0.137 e. The smallest absolute Gasteiger partial charge is 0.137 e. The first-order valence-electron chi connectivity index (χ1n) is 2.92. The number of hydrogen-bond donors (Lipinski definition) is 1. The predicted octanol–water partition coefficient (Wildman–Crippen LogP) is 0.292. The van der Waals surface area contributed by atoms with Crippen LogP contribution in [0, 0.1) is 19.3 Å². The van der Waals surface area contributed by atoms with Crippen LogP contribution in [0.25, 0.3) is 0 Å². The SMILES string of the molecule is C#Cc1c(C)nn(C)c1N. The molecule has 0 unspecified atom stereocenters. The second-order valence-electron chi connectivity index (χ2n) is 2.11. The molecule has 0 aromatic carbocycles. The van der Waals surface area contributed by atoms with Gasteiger partial charge in [-0.05, 0) is 6.92 Å². The van der Waals surface area contributed by atoms with Crippen molar-refractivity contribution in [1.29, 1.82) is 0 Å². The summed E-state index contributed by atoms with van der Waals surface area (Å²) in [7, 11) is 1.77. The number of terminal acetylenes is 1. The van der Waals surface area contributed by atoms with Crippen molar-refractivity contribution < 1.29 is 0 Å². The summed E-state index contributed by atoms with van der Waals surface area (Å²) in [5.41, 5.74) is 7.08. The van der Waals surface area contributed by atoms with Gasteiger partial charge in [-0.3, -0.25) is 4.68 Å². The molecule has 0 aliphatic heterocycles. The number of nitrogen functional groups attached to an aromatic ring is 1. The van der Waals surface area contributed by atoms with Crippen molar-refractivity contribution in [3.8, 4) is 12.3 Å². The summed E-state index contributed by atoms with van der Waals surface area (Å²) in [4.78, 5) is 0. The number of aryl methyl sites for hydroxylation is 2. The number of hydrogen-bond acceptors (Lipinski definition) is 2. The van der Waals surface area contributed by atoms with E-state index in [-0.39, 0.29) is 0 Å². The molecule has 3 heteroatoms. The van der Waals surface area contributed by atoms with E-state index in [0.29, 0.717) is 11.4 Å². The Labute approximate surface area is 59.8 Å². The van der Waals surface area contributed by atoms with Gasteiger partial charge in [0.05, 0.1) is 11.3 Å². The Kier molecular flexibility index (Phi) is 1.38. The Morgan fingerprint density at radius 1 is 1.70 bits per heavy atom. The molecule has 0 saturated carbocycles. The van der Waals surface area contributed by atoms with Gasteiger partial charge < -0.3 is 5.73 Å². The molecular formula is C7H9N3. The Bertz CT molecular complexity index is 291. The fourth-order valence-electron chi connectivity index (χ4n) is 0.854. The molecule has 0 aliphatic rings. The highest BCUT2D eigenvalue weighted by Gasteiger charge is 2.05. The predicted molar refractivity (Wildman–Crippen MR) is 40.3 cm³/mol. The van der Waals surface area contributed by atoms with Crippen molar-refractivity contribution in [2.24, 2.45) is 7.05 Å². The van der Waals surface area contributed by atoms with Crippen LogP contribution >= 0.6 is 0 Å². The summed E-state index contributed by atoms with van der Waals surface area (Å²) in [5.74, 6) is 3.03. The van der Waals surface area contributed by atoms with Gasteiger partial charge in [0.25, 0.3) is 0 Å². The first-order chi connectivity index (χ1) is 4.66. The highest BCUT2D eigenvalue weighted by atomic mass is 15.3. The summed E-state index contributed by atoms with van der Waals surface area (Å²) >= 11 is 0. The van der Waals surface area contributed by atoms with Gasteiger partial charge in [-0.25, -0.2) is 0 Å². The Morgan fingerprint density at radius 2 is 2.30 bits per heavy atom. The van der Waals surface area contributed by atoms with Crippen LogP contribution in [-0.4, -0.2) is 9.78 Å². The average molecular weight is 135 g/mol. The van der Waals surface area contributed by atoms with Crippen LogP contribution in [-0.2, 0) is 7.05 Å². The zero-order valence-electron chi connectivity index (χ0n) is 6.05. The van der Waals surface area contributed by atoms with E-state index < -0.39 is 0 Å². The number of anilines is 1. The van der Waals surface area contributed by atoms with E-state index in [0.717, 1.165) is 5.69 Å². The third-order valence-corrected chi connectivity index (χ3v) is 1.41. The minimum Gasteiger partial charge on any atom is -0.383 e. The first-order valence-corrected chi connectivity index (χ1v) is 2.92. The van der Waals surface area contributed by atoms with Crippen LogP contribution in [0.3, 0.4) is 0 Å². The van der Waals surface area contributed by atoms with Crippen LogP contribution in [0.1, 0.15) is 11.3 Å². The van der Waals surface area contributed by atoms with Gasteiger partial charge in [-0.1, -0.05) is 5.92 Å². The monoisotopic (exact) mass is 135 g/mol. The van der Waals surface area contributed by atoms with E-state index in [9.17, 15) is 0 Å². The van der Waals surface area contributed by atoms with Crippen LogP contribution in [0.4, 0.5) is 5.82 Å². The standard InChI is InChI=1S/C7H9N3/c1-4-6-5(2)9-10(3)7(6)8/h1H,8H2,2-3H3. The van der Waals surface area contributed by atoms with Crippen molar-refractivity contribution in [2.45, 2.75) is 6.92 Å². The van der Waals surface area contributed by atoms with Gasteiger partial charge in [0, 0.05) is 7.05 Å². The molecule has 1 aromatic rings. The summed E-state index contributed by atoms with van der Waals surface area (Å²) in [6.07, 6.45) is 5.18. The third-order valence-electron chi connectivity index (χ3n) is 1.41. The molecular weight excluding hydrogens is 126 g/mol. The van der Waals surface area contributed by atoms with Crippen molar-refractivity contribution in [1.82, 2.24) is 9.78 Å². The second kappa shape index (κ2) is 2.07. The van der Waals surface area contributed by atoms with Gasteiger partial charge in [-0.15, -0.1) is 6.42 Å². The second-order valence-corrected chi connectivity index (χ2v) is 2.11. The fraction of sp³-hybridized carbons (Fsp3) is 0.286. The average Bonchev–Trinajstić information content (AvgIpc) is 2.09. The molecule has 0 bridgehead atoms. The molecule has 10 heavy (non-hydrogen) atoms. The zero-order valence-corrected chi connectivity index (χ0v) is 6.05. The van der Waals surface area contributed by atoms with Gasteiger partial charge in [-0.2, -0.15) is 5.10 Å². The van der Waals surface area contributed by atoms with Crippen molar-refractivity contribution >= 4 is 5.82 Å². The molecule has 0 radical (unpaired) electrons. The molecule has 1 rings (SSSR count). The molecule has 0 atom stereocenters. The van der Waals surface area contributed by atoms with Crippen molar-refractivity contribution in [3.05, 3.63) is 11.3 Å². The molecule has 2 N–H and O–H groups in total. The van der Waals surface area contributed by atoms with E-state index in [4.69, 9.17) is 12.2 Å². The van der Waals surface area contributed by atoms with Crippen molar-refractivity contribution in [2.75, 3.05) is 5.73 Å². The lowest BCUT2D eigenvalue weighted by Crippen LogP contribution is -1.97. The lowest BCUT2D eigenvalue weighted by molar-refractivity contribution is 0.767. The van der Waals surface area contributed by atoms with Gasteiger partial charge in [0.15, 0.2) is 0 Å². The highest BCUT2D eigenvalue weighted by molar-refractivity contribution is 5.52. The molecule has 1 aromatic heterocycles. The number of nitrogens with two attached hydrogens (primary N) is 1. The number of nitrogens with zero attached hydrogens (tertiary/aromatic N) is 2. The minimum atomic E-state index is 0.556. The Balaban J connectivity index is 3.37. The molecule has 0 amide bonds. The van der Waals surface area contributed by atoms with E-state index in [1.165, 1.54) is 0 Å². The van der Waals surface area contributed by atoms with Crippen LogP contribution in [0.15, 0.2) is 0 Å². The van der Waals surface area contributed by atoms with Gasteiger partial charge in [0.1, 0.15) is 5.82 Å². The largest absolute Gasteiger partial charge is 0.383 e. The van der Waals surface area contributed by atoms with E-state index >= 15 is 0 Å². The van der Waals surface area contributed by atoms with Crippen LogP contribution in [0.5, 0.6) is 0 Å².